The van der Waals surface area contributed by atoms with E-state index in [-0.39, 0.29) is 38.2 Å². The molecule has 4 amide bonds. The lowest BCUT2D eigenvalue weighted by Gasteiger charge is -2.37. The van der Waals surface area contributed by atoms with Crippen molar-refractivity contribution in [1.29, 1.82) is 0 Å². The van der Waals surface area contributed by atoms with Crippen LogP contribution in [0.5, 0.6) is 5.75 Å². The smallest absolute Gasteiger partial charge is 0.408 e. The van der Waals surface area contributed by atoms with Gasteiger partial charge >= 0.3 is 12.1 Å². The number of ether oxygens (including phenoxy) is 2. The number of nitrogens with zero attached hydrogens (tertiary/aromatic N) is 1. The summed E-state index contributed by atoms with van der Waals surface area (Å²) in [5.41, 5.74) is 4.74. The number of amides is 4. The van der Waals surface area contributed by atoms with Crippen LogP contribution < -0.4 is 16.4 Å². The molecule has 12 heteroatoms. The van der Waals surface area contributed by atoms with Gasteiger partial charge in [0, 0.05) is 19.0 Å². The number of esters is 1. The highest BCUT2D eigenvalue weighted by atomic mass is 16.6. The van der Waals surface area contributed by atoms with Gasteiger partial charge in [0.25, 0.3) is 0 Å². The van der Waals surface area contributed by atoms with Crippen molar-refractivity contribution in [3.05, 3.63) is 29.8 Å². The Kier molecular flexibility index (Phi) is 12.5. The maximum Gasteiger partial charge on any atom is 0.408 e. The molecule has 2 unspecified atom stereocenters. The lowest BCUT2D eigenvalue weighted by Crippen LogP contribution is -2.55. The van der Waals surface area contributed by atoms with Crippen molar-refractivity contribution in [2.45, 2.75) is 84.5 Å². The molecule has 12 nitrogen and oxygen atoms in total. The number of rotatable bonds is 13. The zero-order valence-electron chi connectivity index (χ0n) is 22.9. The van der Waals surface area contributed by atoms with E-state index in [9.17, 15) is 29.1 Å². The van der Waals surface area contributed by atoms with Crippen LogP contribution >= 0.6 is 0 Å². The molecule has 0 aliphatic carbocycles. The Balaban J connectivity index is 3.39. The van der Waals surface area contributed by atoms with Crippen LogP contribution in [0.1, 0.15) is 72.4 Å². The van der Waals surface area contributed by atoms with Crippen molar-refractivity contribution in [2.24, 2.45) is 5.73 Å². The van der Waals surface area contributed by atoms with Gasteiger partial charge in [-0.05, 0) is 65.7 Å². The van der Waals surface area contributed by atoms with Crippen molar-refractivity contribution in [1.82, 2.24) is 15.5 Å². The number of hydrogen-bond donors (Lipinski definition) is 4. The van der Waals surface area contributed by atoms with E-state index in [1.165, 1.54) is 23.1 Å². The number of carbonyl (C=O) groups excluding carboxylic acids is 5. The third-order valence-corrected chi connectivity index (χ3v) is 5.13. The SMILES string of the molecule is CCOC(=O)CCNC(=O)C(c1cccc(O)c1)N(C(=O)C(CCC(N)=O)NC(=O)OC(C)(C)C)C(C)C. The van der Waals surface area contributed by atoms with Crippen molar-refractivity contribution in [3.8, 4) is 5.75 Å². The molecule has 0 aromatic heterocycles. The molecule has 5 N–H and O–H groups in total. The van der Waals surface area contributed by atoms with Gasteiger partial charge < -0.3 is 35.8 Å². The molecular weight excluding hydrogens is 496 g/mol. The van der Waals surface area contributed by atoms with Gasteiger partial charge in [0.2, 0.25) is 17.7 Å². The van der Waals surface area contributed by atoms with Crippen molar-refractivity contribution < 1.29 is 38.6 Å². The molecule has 0 aliphatic heterocycles. The Bertz CT molecular complexity index is 990. The molecule has 1 aromatic carbocycles. The molecule has 1 aromatic rings. The Morgan fingerprint density at radius 1 is 1.11 bits per heavy atom. The summed E-state index contributed by atoms with van der Waals surface area (Å²) in [5, 5.41) is 15.2. The van der Waals surface area contributed by atoms with E-state index in [4.69, 9.17) is 15.2 Å². The fraction of sp³-hybridized carbons (Fsp3) is 0.577. The highest BCUT2D eigenvalue weighted by Gasteiger charge is 2.38. The van der Waals surface area contributed by atoms with Gasteiger partial charge in [-0.25, -0.2) is 4.79 Å². The standard InChI is InChI=1S/C26H40N4O8/c1-7-37-21(33)13-14-28-23(34)22(17-9-8-10-18(31)15-17)30(16(2)3)24(35)19(11-12-20(27)32)29-25(36)38-26(4,5)6/h8-10,15-16,19,22,31H,7,11-14H2,1-6H3,(H2,27,32)(H,28,34)(H,29,36). The molecule has 0 spiro atoms. The van der Waals surface area contributed by atoms with Crippen LogP contribution in [-0.2, 0) is 28.7 Å². The van der Waals surface area contributed by atoms with E-state index < -0.39 is 53.5 Å². The average Bonchev–Trinajstić information content (AvgIpc) is 2.78. The van der Waals surface area contributed by atoms with Crippen molar-refractivity contribution >= 4 is 29.8 Å². The van der Waals surface area contributed by atoms with Gasteiger partial charge in [-0.1, -0.05) is 12.1 Å². The molecule has 212 valence electrons. The maximum atomic E-state index is 13.9. The molecule has 0 saturated heterocycles. The zero-order valence-corrected chi connectivity index (χ0v) is 22.9. The number of nitrogens with one attached hydrogen (secondary N) is 2. The molecule has 38 heavy (non-hydrogen) atoms. The first kappa shape index (κ1) is 32.2. The first-order valence-corrected chi connectivity index (χ1v) is 12.5. The second-order valence-corrected chi connectivity index (χ2v) is 9.89. The van der Waals surface area contributed by atoms with Gasteiger partial charge in [0.15, 0.2) is 0 Å². The molecule has 0 saturated carbocycles. The summed E-state index contributed by atoms with van der Waals surface area (Å²) in [4.78, 5) is 64.2. The molecule has 1 rings (SSSR count). The lowest BCUT2D eigenvalue weighted by atomic mass is 9.99. The fourth-order valence-electron chi connectivity index (χ4n) is 3.60. The van der Waals surface area contributed by atoms with E-state index in [0.29, 0.717) is 5.56 Å². The molecule has 0 fully saturated rings. The largest absolute Gasteiger partial charge is 0.508 e. The number of benzene rings is 1. The molecule has 0 bridgehead atoms. The van der Waals surface area contributed by atoms with Crippen LogP contribution in [0, 0.1) is 0 Å². The van der Waals surface area contributed by atoms with Gasteiger partial charge in [0.1, 0.15) is 23.4 Å². The predicted molar refractivity (Wildman–Crippen MR) is 139 cm³/mol. The highest BCUT2D eigenvalue weighted by molar-refractivity contribution is 5.92. The number of phenols is 1. The predicted octanol–water partition coefficient (Wildman–Crippen LogP) is 1.90. The first-order chi connectivity index (χ1) is 17.7. The molecule has 0 heterocycles. The first-order valence-electron chi connectivity index (χ1n) is 12.5. The average molecular weight is 537 g/mol. The second-order valence-electron chi connectivity index (χ2n) is 9.89. The van der Waals surface area contributed by atoms with E-state index in [1.54, 1.807) is 47.6 Å². The quantitative estimate of drug-likeness (QED) is 0.276. The Morgan fingerprint density at radius 2 is 1.76 bits per heavy atom. The normalized spacial score (nSPS) is 12.7. The topological polar surface area (TPSA) is 177 Å². The minimum atomic E-state index is -1.24. The zero-order chi connectivity index (χ0) is 29.0. The number of primary amides is 1. The molecule has 0 aliphatic rings. The lowest BCUT2D eigenvalue weighted by molar-refractivity contribution is -0.146. The van der Waals surface area contributed by atoms with Crippen molar-refractivity contribution in [3.63, 3.8) is 0 Å². The summed E-state index contributed by atoms with van der Waals surface area (Å²) in [5.74, 6) is -2.58. The number of carbonyl (C=O) groups is 5. The minimum Gasteiger partial charge on any atom is -0.508 e. The maximum absolute atomic E-state index is 13.9. The summed E-state index contributed by atoms with van der Waals surface area (Å²) in [6, 6.07) is 2.80. The molecule has 0 radical (unpaired) electrons. The van der Waals surface area contributed by atoms with Crippen LogP contribution in [-0.4, -0.2) is 70.6 Å². The fourth-order valence-corrected chi connectivity index (χ4v) is 3.60. The Labute approximate surface area is 223 Å². The van der Waals surface area contributed by atoms with E-state index in [1.807, 2.05) is 0 Å². The number of aromatic hydroxyl groups is 1. The Hall–Kier alpha value is -3.83. The highest BCUT2D eigenvalue weighted by Crippen LogP contribution is 2.28. The third kappa shape index (κ3) is 11.1. The van der Waals surface area contributed by atoms with Crippen LogP contribution in [0.25, 0.3) is 0 Å². The van der Waals surface area contributed by atoms with Gasteiger partial charge in [-0.15, -0.1) is 0 Å². The summed E-state index contributed by atoms with van der Waals surface area (Å²) < 4.78 is 10.2. The van der Waals surface area contributed by atoms with Gasteiger partial charge in [0.05, 0.1) is 13.0 Å². The third-order valence-electron chi connectivity index (χ3n) is 5.13. The second kappa shape index (κ2) is 14.8. The molecule has 2 atom stereocenters. The minimum absolute atomic E-state index is 0.0473. The van der Waals surface area contributed by atoms with Crippen LogP contribution in [0.15, 0.2) is 24.3 Å². The van der Waals surface area contributed by atoms with Crippen LogP contribution in [0.2, 0.25) is 0 Å². The van der Waals surface area contributed by atoms with E-state index >= 15 is 0 Å². The summed E-state index contributed by atoms with van der Waals surface area (Å²) in [7, 11) is 0. The monoisotopic (exact) mass is 536 g/mol. The Morgan fingerprint density at radius 3 is 2.29 bits per heavy atom. The van der Waals surface area contributed by atoms with E-state index in [2.05, 4.69) is 10.6 Å². The number of phenolic OH excluding ortho intramolecular Hbond substituents is 1. The van der Waals surface area contributed by atoms with Gasteiger partial charge in [-0.2, -0.15) is 0 Å². The summed E-state index contributed by atoms with van der Waals surface area (Å²) in [6.07, 6.45) is -1.30. The summed E-state index contributed by atoms with van der Waals surface area (Å²) >= 11 is 0. The number of hydrogen-bond acceptors (Lipinski definition) is 8. The van der Waals surface area contributed by atoms with Crippen molar-refractivity contribution in [2.75, 3.05) is 13.2 Å². The number of alkyl carbamates (subject to hydrolysis) is 1. The van der Waals surface area contributed by atoms with E-state index in [0.717, 1.165) is 0 Å². The van der Waals surface area contributed by atoms with Gasteiger partial charge in [-0.3, -0.25) is 19.2 Å². The number of nitrogens with two attached hydrogens (primary N) is 1. The van der Waals surface area contributed by atoms with Crippen LogP contribution in [0.4, 0.5) is 4.79 Å². The van der Waals surface area contributed by atoms with Crippen LogP contribution in [0.3, 0.4) is 0 Å². The summed E-state index contributed by atoms with van der Waals surface area (Å²) in [6.45, 7) is 10.2. The molecular formula is C26H40N4O8.